The molecule has 0 spiro atoms. The second kappa shape index (κ2) is 5.87. The smallest absolute Gasteiger partial charge is 0.271 e. The molecule has 0 saturated heterocycles. The molecule has 2 rings (SSSR count). The number of nitrogens with one attached hydrogen (secondary N) is 1. The maximum absolute atomic E-state index is 12.4. The molecule has 1 fully saturated rings. The Hall–Kier alpha value is -1.16. The van der Waals surface area contributed by atoms with E-state index in [4.69, 9.17) is 0 Å². The summed E-state index contributed by atoms with van der Waals surface area (Å²) in [5.41, 5.74) is 1.92. The van der Waals surface area contributed by atoms with Gasteiger partial charge in [0.2, 0.25) is 0 Å². The fourth-order valence-corrected chi connectivity index (χ4v) is 2.04. The monoisotopic (exact) mass is 263 g/mol. The molecule has 1 aromatic heterocycles. The summed E-state index contributed by atoms with van der Waals surface area (Å²) in [5, 5.41) is 7.91. The van der Waals surface area contributed by atoms with E-state index in [1.807, 2.05) is 6.07 Å². The van der Waals surface area contributed by atoms with E-state index in [2.05, 4.69) is 38.1 Å². The Kier molecular flexibility index (Phi) is 4.40. The zero-order chi connectivity index (χ0) is 14.0. The lowest BCUT2D eigenvalue weighted by atomic mass is 10.1. The van der Waals surface area contributed by atoms with Crippen LogP contribution in [0.4, 0.5) is 0 Å². The van der Waals surface area contributed by atoms with Crippen LogP contribution in [0.1, 0.15) is 57.7 Å². The number of aromatic nitrogens is 2. The lowest BCUT2D eigenvalue weighted by Gasteiger charge is -2.14. The molecule has 0 radical (unpaired) electrons. The molecule has 106 valence electrons. The largest absolute Gasteiger partial charge is 0.310 e. The van der Waals surface area contributed by atoms with Gasteiger partial charge in [-0.15, -0.1) is 0 Å². The first-order chi connectivity index (χ1) is 8.97. The minimum Gasteiger partial charge on any atom is -0.310 e. The fraction of sp³-hybridized carbons (Fsp3) is 0.733. The molecule has 0 bridgehead atoms. The van der Waals surface area contributed by atoms with E-state index in [9.17, 15) is 4.79 Å². The average molecular weight is 263 g/mol. The van der Waals surface area contributed by atoms with Gasteiger partial charge in [-0.2, -0.15) is 5.10 Å². The highest BCUT2D eigenvalue weighted by Gasteiger charge is 2.21. The second-order valence-electron chi connectivity index (χ2n) is 6.29. The topological polar surface area (TPSA) is 46.9 Å². The van der Waals surface area contributed by atoms with Crippen LogP contribution >= 0.6 is 0 Å². The third-order valence-electron chi connectivity index (χ3n) is 3.36. The van der Waals surface area contributed by atoms with Crippen LogP contribution in [-0.2, 0) is 13.1 Å². The van der Waals surface area contributed by atoms with Gasteiger partial charge in [-0.3, -0.25) is 4.79 Å². The van der Waals surface area contributed by atoms with Gasteiger partial charge in [-0.05, 0) is 30.7 Å². The maximum Gasteiger partial charge on any atom is 0.271 e. The lowest BCUT2D eigenvalue weighted by Crippen LogP contribution is -2.32. The molecule has 4 heteroatoms. The standard InChI is InChI=1S/C15H25N3O/c1-10(2)9-18-15(19)12(8-16-13-5-6-13)7-14(17-18)11(3)4/h7,10-11,13,16H,5-6,8-9H2,1-4H3. The second-order valence-corrected chi connectivity index (χ2v) is 6.29. The Labute approximate surface area is 115 Å². The number of hydrogen-bond donors (Lipinski definition) is 1. The van der Waals surface area contributed by atoms with Crippen LogP contribution in [0.3, 0.4) is 0 Å². The van der Waals surface area contributed by atoms with Gasteiger partial charge in [-0.1, -0.05) is 27.7 Å². The number of rotatable bonds is 6. The van der Waals surface area contributed by atoms with Gasteiger partial charge in [0.15, 0.2) is 0 Å². The third kappa shape index (κ3) is 3.90. The number of nitrogens with zero attached hydrogens (tertiary/aromatic N) is 2. The van der Waals surface area contributed by atoms with Crippen molar-refractivity contribution in [1.82, 2.24) is 15.1 Å². The highest BCUT2D eigenvalue weighted by atomic mass is 16.1. The van der Waals surface area contributed by atoms with Crippen molar-refractivity contribution >= 4 is 0 Å². The quantitative estimate of drug-likeness (QED) is 0.856. The molecule has 1 aliphatic rings. The minimum absolute atomic E-state index is 0.0613. The SMILES string of the molecule is CC(C)Cn1nc(C(C)C)cc(CNC2CC2)c1=O. The predicted molar refractivity (Wildman–Crippen MR) is 77.3 cm³/mol. The van der Waals surface area contributed by atoms with Crippen molar-refractivity contribution in [2.24, 2.45) is 5.92 Å². The Morgan fingerprint density at radius 3 is 2.58 bits per heavy atom. The van der Waals surface area contributed by atoms with Crippen molar-refractivity contribution in [1.29, 1.82) is 0 Å². The summed E-state index contributed by atoms with van der Waals surface area (Å²) >= 11 is 0. The van der Waals surface area contributed by atoms with Crippen LogP contribution in [0.25, 0.3) is 0 Å². The van der Waals surface area contributed by atoms with Gasteiger partial charge >= 0.3 is 0 Å². The molecule has 19 heavy (non-hydrogen) atoms. The Morgan fingerprint density at radius 2 is 2.05 bits per heavy atom. The van der Waals surface area contributed by atoms with Gasteiger partial charge < -0.3 is 5.32 Å². The van der Waals surface area contributed by atoms with E-state index in [0.29, 0.717) is 31.0 Å². The van der Waals surface area contributed by atoms with Gasteiger partial charge in [0.1, 0.15) is 0 Å². The van der Waals surface area contributed by atoms with Gasteiger partial charge in [-0.25, -0.2) is 4.68 Å². The van der Waals surface area contributed by atoms with E-state index >= 15 is 0 Å². The highest BCUT2D eigenvalue weighted by molar-refractivity contribution is 5.16. The summed E-state index contributed by atoms with van der Waals surface area (Å²) < 4.78 is 1.64. The zero-order valence-electron chi connectivity index (χ0n) is 12.4. The van der Waals surface area contributed by atoms with E-state index in [1.165, 1.54) is 12.8 Å². The van der Waals surface area contributed by atoms with E-state index in [-0.39, 0.29) is 5.56 Å². The minimum atomic E-state index is 0.0613. The summed E-state index contributed by atoms with van der Waals surface area (Å²) in [5.74, 6) is 0.774. The first-order valence-corrected chi connectivity index (χ1v) is 7.31. The average Bonchev–Trinajstić information content (AvgIpc) is 3.13. The highest BCUT2D eigenvalue weighted by Crippen LogP contribution is 2.19. The van der Waals surface area contributed by atoms with Crippen LogP contribution in [0.5, 0.6) is 0 Å². The van der Waals surface area contributed by atoms with E-state index < -0.39 is 0 Å². The Bertz CT molecular complexity index is 487. The van der Waals surface area contributed by atoms with Crippen molar-refractivity contribution in [3.05, 3.63) is 27.7 Å². The summed E-state index contributed by atoms with van der Waals surface area (Å²) in [7, 11) is 0. The summed E-state index contributed by atoms with van der Waals surface area (Å²) in [4.78, 5) is 12.4. The summed E-state index contributed by atoms with van der Waals surface area (Å²) in [6.45, 7) is 9.81. The first-order valence-electron chi connectivity index (χ1n) is 7.31. The van der Waals surface area contributed by atoms with Crippen molar-refractivity contribution in [2.45, 2.75) is 65.6 Å². The molecule has 1 N–H and O–H groups in total. The molecule has 0 aliphatic heterocycles. The molecular weight excluding hydrogens is 238 g/mol. The van der Waals surface area contributed by atoms with Gasteiger partial charge in [0, 0.05) is 24.7 Å². The number of hydrogen-bond acceptors (Lipinski definition) is 3. The van der Waals surface area contributed by atoms with Gasteiger partial charge in [0.05, 0.1) is 5.69 Å². The van der Waals surface area contributed by atoms with Crippen LogP contribution in [0.2, 0.25) is 0 Å². The van der Waals surface area contributed by atoms with Crippen molar-refractivity contribution in [3.8, 4) is 0 Å². The first kappa shape index (κ1) is 14.3. The molecule has 0 atom stereocenters. The molecule has 0 amide bonds. The summed E-state index contributed by atoms with van der Waals surface area (Å²) in [6, 6.07) is 2.59. The molecule has 1 saturated carbocycles. The summed E-state index contributed by atoms with van der Waals surface area (Å²) in [6.07, 6.45) is 2.48. The molecule has 4 nitrogen and oxygen atoms in total. The van der Waals surface area contributed by atoms with Crippen LogP contribution < -0.4 is 10.9 Å². The predicted octanol–water partition coefficient (Wildman–Crippen LogP) is 2.27. The molecule has 0 unspecified atom stereocenters. The van der Waals surface area contributed by atoms with Crippen molar-refractivity contribution in [2.75, 3.05) is 0 Å². The molecular formula is C15H25N3O. The third-order valence-corrected chi connectivity index (χ3v) is 3.36. The Morgan fingerprint density at radius 1 is 1.37 bits per heavy atom. The fourth-order valence-electron chi connectivity index (χ4n) is 2.04. The Balaban J connectivity index is 2.27. The zero-order valence-corrected chi connectivity index (χ0v) is 12.4. The lowest BCUT2D eigenvalue weighted by molar-refractivity contribution is 0.450. The molecule has 1 aliphatic carbocycles. The molecule has 0 aromatic carbocycles. The van der Waals surface area contributed by atoms with Crippen LogP contribution in [0.15, 0.2) is 10.9 Å². The van der Waals surface area contributed by atoms with E-state index in [0.717, 1.165) is 11.3 Å². The van der Waals surface area contributed by atoms with Crippen molar-refractivity contribution < 1.29 is 0 Å². The van der Waals surface area contributed by atoms with Crippen LogP contribution in [-0.4, -0.2) is 15.8 Å². The maximum atomic E-state index is 12.4. The normalized spacial score (nSPS) is 15.5. The molecule has 1 aromatic rings. The van der Waals surface area contributed by atoms with Crippen molar-refractivity contribution in [3.63, 3.8) is 0 Å². The molecule has 1 heterocycles. The van der Waals surface area contributed by atoms with Crippen LogP contribution in [0, 0.1) is 5.92 Å². The van der Waals surface area contributed by atoms with Gasteiger partial charge in [0.25, 0.3) is 5.56 Å². The van der Waals surface area contributed by atoms with E-state index in [1.54, 1.807) is 4.68 Å².